The lowest BCUT2D eigenvalue weighted by atomic mass is 9.33. The fourth-order valence-electron chi connectivity index (χ4n) is 15.4. The number of nitrogens with zero attached hydrogens (tertiary/aromatic N) is 3. The third kappa shape index (κ3) is 8.10. The summed E-state index contributed by atoms with van der Waals surface area (Å²) >= 11 is 0. The maximum absolute atomic E-state index is 7.90. The van der Waals surface area contributed by atoms with Gasteiger partial charge in [0, 0.05) is 50.3 Å². The Labute approximate surface area is 486 Å². The molecule has 0 N–H and O–H groups in total. The molecule has 13 rings (SSSR count). The van der Waals surface area contributed by atoms with Gasteiger partial charge in [-0.1, -0.05) is 203 Å². The minimum atomic E-state index is -0.189. The lowest BCUT2D eigenvalue weighted by Gasteiger charge is -2.52. The largest absolute Gasteiger partial charge is 0.440 e. The molecule has 4 nitrogen and oxygen atoms in total. The van der Waals surface area contributed by atoms with Gasteiger partial charge in [-0.2, -0.15) is 0 Å². The monoisotopic (exact) mass is 1070 g/mol. The molecule has 1 saturated carbocycles. The standard InChI is InChI=1S/C76H88BN3O/c1-69(2,3)48-26-31-52(32-27-48)78(53-33-28-49(29-34-53)70(4,5)6)54-43-62-66-63(44-54)80-67-59(75(17)36-22-23-37-76(75,80)18)41-51(72(10,11)12)42-60(67)77(66)65-56-45-57-58(74(15,16)39-38-73(57,13)14)46-64(56)81-68(65)79(62)61-35-30-50(71(7,8)9)40-55(61)47-24-20-19-21-25-47/h19-21,24-35,40-46H,22-23,36-39H2,1-18H3. The zero-order valence-electron chi connectivity index (χ0n) is 52.3. The Morgan fingerprint density at radius 2 is 1.01 bits per heavy atom. The normalized spacial score (nSPS) is 20.6. The van der Waals surface area contributed by atoms with Crippen LogP contribution in [0.1, 0.15) is 202 Å². The first-order valence-electron chi connectivity index (χ1n) is 30.7. The fourth-order valence-corrected chi connectivity index (χ4v) is 15.4. The molecule has 0 radical (unpaired) electrons. The predicted octanol–water partition coefficient (Wildman–Crippen LogP) is 19.5. The van der Waals surface area contributed by atoms with E-state index in [1.807, 2.05) is 0 Å². The van der Waals surface area contributed by atoms with Crippen molar-refractivity contribution in [3.05, 3.63) is 172 Å². The van der Waals surface area contributed by atoms with Crippen LogP contribution in [0.5, 0.6) is 0 Å². The van der Waals surface area contributed by atoms with E-state index in [2.05, 4.69) is 273 Å². The van der Waals surface area contributed by atoms with Crippen LogP contribution in [0.2, 0.25) is 0 Å². The van der Waals surface area contributed by atoms with Gasteiger partial charge in [0.1, 0.15) is 5.58 Å². The minimum absolute atomic E-state index is 0.00703. The van der Waals surface area contributed by atoms with Gasteiger partial charge in [0.2, 0.25) is 5.88 Å². The molecule has 7 aromatic carbocycles. The van der Waals surface area contributed by atoms with Crippen LogP contribution in [-0.4, -0.2) is 12.3 Å². The first-order valence-corrected chi connectivity index (χ1v) is 30.7. The number of hydrogen-bond acceptors (Lipinski definition) is 4. The predicted molar refractivity (Wildman–Crippen MR) is 349 cm³/mol. The zero-order chi connectivity index (χ0) is 57.5. The van der Waals surface area contributed by atoms with E-state index in [9.17, 15) is 0 Å². The number of anilines is 8. The highest BCUT2D eigenvalue weighted by molar-refractivity contribution is 7.01. The molecule has 0 spiro atoms. The van der Waals surface area contributed by atoms with Gasteiger partial charge in [-0.25, -0.2) is 0 Å². The molecule has 0 amide bonds. The van der Waals surface area contributed by atoms with E-state index in [0.717, 1.165) is 59.9 Å². The summed E-state index contributed by atoms with van der Waals surface area (Å²) in [7, 11) is 0. The maximum Gasteiger partial charge on any atom is 0.257 e. The van der Waals surface area contributed by atoms with Crippen molar-refractivity contribution in [2.24, 2.45) is 0 Å². The van der Waals surface area contributed by atoms with Crippen LogP contribution in [0.15, 0.2) is 138 Å². The van der Waals surface area contributed by atoms with Crippen molar-refractivity contribution >= 4 is 79.8 Å². The van der Waals surface area contributed by atoms with E-state index in [4.69, 9.17) is 4.42 Å². The van der Waals surface area contributed by atoms with Crippen LogP contribution < -0.4 is 31.1 Å². The summed E-state index contributed by atoms with van der Waals surface area (Å²) in [4.78, 5) is 8.07. The molecule has 2 aliphatic carbocycles. The van der Waals surface area contributed by atoms with Gasteiger partial charge in [-0.3, -0.25) is 4.90 Å². The topological polar surface area (TPSA) is 22.9 Å². The molecule has 5 heteroatoms. The van der Waals surface area contributed by atoms with Crippen molar-refractivity contribution in [3.63, 3.8) is 0 Å². The fraction of sp³-hybridized carbons (Fsp3) is 0.421. The molecular formula is C76H88BN3O. The summed E-state index contributed by atoms with van der Waals surface area (Å²) in [6, 6.07) is 52.9. The molecule has 0 saturated heterocycles. The second-order valence-electron chi connectivity index (χ2n) is 31.3. The first-order chi connectivity index (χ1) is 37.9. The van der Waals surface area contributed by atoms with Gasteiger partial charge >= 0.3 is 0 Å². The quantitative estimate of drug-likeness (QED) is 0.160. The second-order valence-corrected chi connectivity index (χ2v) is 31.3. The van der Waals surface area contributed by atoms with E-state index >= 15 is 0 Å². The first kappa shape index (κ1) is 53.8. The van der Waals surface area contributed by atoms with Gasteiger partial charge in [0.25, 0.3) is 6.71 Å². The molecule has 0 bridgehead atoms. The Kier molecular flexibility index (Phi) is 11.7. The van der Waals surface area contributed by atoms with Crippen LogP contribution in [0.4, 0.5) is 45.7 Å². The molecule has 4 heterocycles. The molecule has 2 unspecified atom stereocenters. The van der Waals surface area contributed by atoms with Gasteiger partial charge < -0.3 is 14.2 Å². The van der Waals surface area contributed by atoms with Crippen molar-refractivity contribution in [2.45, 2.75) is 207 Å². The molecule has 81 heavy (non-hydrogen) atoms. The highest BCUT2D eigenvalue weighted by Crippen LogP contribution is 2.63. The number of benzene rings is 7. The average molecular weight is 1070 g/mol. The van der Waals surface area contributed by atoms with Crippen LogP contribution in [0, 0.1) is 0 Å². The van der Waals surface area contributed by atoms with Crippen molar-refractivity contribution < 1.29 is 4.42 Å². The lowest BCUT2D eigenvalue weighted by molar-refractivity contribution is 0.195. The molecule has 8 aromatic rings. The zero-order valence-corrected chi connectivity index (χ0v) is 52.3. The summed E-state index contributed by atoms with van der Waals surface area (Å²) in [6.07, 6.45) is 6.99. The molecule has 416 valence electrons. The van der Waals surface area contributed by atoms with Crippen LogP contribution >= 0.6 is 0 Å². The van der Waals surface area contributed by atoms with Gasteiger partial charge in [0.05, 0.1) is 16.9 Å². The number of fused-ring (bicyclic) bond motifs is 10. The minimum Gasteiger partial charge on any atom is -0.440 e. The van der Waals surface area contributed by atoms with Crippen molar-refractivity contribution in [3.8, 4) is 11.1 Å². The summed E-state index contributed by atoms with van der Waals surface area (Å²) in [5, 5.41) is 1.24. The van der Waals surface area contributed by atoms with E-state index in [1.54, 1.807) is 0 Å². The Morgan fingerprint density at radius 1 is 0.469 bits per heavy atom. The van der Waals surface area contributed by atoms with Crippen molar-refractivity contribution in [1.29, 1.82) is 0 Å². The van der Waals surface area contributed by atoms with Gasteiger partial charge in [0.15, 0.2) is 0 Å². The number of rotatable bonds is 5. The molecular weight excluding hydrogens is 982 g/mol. The van der Waals surface area contributed by atoms with Gasteiger partial charge in [-0.05, 0) is 181 Å². The second kappa shape index (κ2) is 17.5. The third-order valence-corrected chi connectivity index (χ3v) is 20.9. The highest BCUT2D eigenvalue weighted by Gasteiger charge is 2.62. The number of furan rings is 1. The van der Waals surface area contributed by atoms with E-state index in [-0.39, 0.29) is 50.2 Å². The Balaban J connectivity index is 1.21. The summed E-state index contributed by atoms with van der Waals surface area (Å²) in [5.74, 6) is 0.927. The Bertz CT molecular complexity index is 3790. The van der Waals surface area contributed by atoms with Crippen molar-refractivity contribution in [2.75, 3.05) is 14.7 Å². The van der Waals surface area contributed by atoms with Crippen LogP contribution in [0.3, 0.4) is 0 Å². The summed E-state index contributed by atoms with van der Waals surface area (Å²) in [6.45, 7) is 43.2. The van der Waals surface area contributed by atoms with E-state index < -0.39 is 0 Å². The van der Waals surface area contributed by atoms with E-state index in [0.29, 0.717) is 0 Å². The van der Waals surface area contributed by atoms with Crippen LogP contribution in [-0.2, 0) is 37.9 Å². The Hall–Kier alpha value is -6.46. The molecule has 1 fully saturated rings. The Morgan fingerprint density at radius 3 is 1.59 bits per heavy atom. The third-order valence-electron chi connectivity index (χ3n) is 20.9. The molecule has 3 aliphatic heterocycles. The molecule has 2 atom stereocenters. The summed E-state index contributed by atoms with van der Waals surface area (Å²) < 4.78 is 7.90. The van der Waals surface area contributed by atoms with Crippen LogP contribution in [0.25, 0.3) is 22.1 Å². The van der Waals surface area contributed by atoms with E-state index in [1.165, 1.54) is 102 Å². The average Bonchev–Trinajstić information content (AvgIpc) is 1.99. The SMILES string of the molecule is CC(C)(C)c1ccc(N(c2ccc(C(C)(C)C)cc2)c2cc3c4c(c2)N2c5c(cc(C(C)(C)C)cc5C5(C)CCCCC25C)B4c2c(oc4cc5c(cc24)C(C)(C)CCC5(C)C)N3c2ccc(C(C)(C)C)cc2-c2ccccc2)cc1. The summed E-state index contributed by atoms with van der Waals surface area (Å²) in [5.41, 5.74) is 25.3. The van der Waals surface area contributed by atoms with Crippen molar-refractivity contribution in [1.82, 2.24) is 0 Å². The smallest absolute Gasteiger partial charge is 0.257 e. The molecule has 1 aromatic heterocycles. The lowest BCUT2D eigenvalue weighted by Crippen LogP contribution is -2.64. The molecule has 5 aliphatic rings. The van der Waals surface area contributed by atoms with Gasteiger partial charge in [-0.15, -0.1) is 0 Å². The highest BCUT2D eigenvalue weighted by atomic mass is 16.4. The number of hydrogen-bond donors (Lipinski definition) is 0. The maximum atomic E-state index is 7.90.